The Labute approximate surface area is 126 Å². The van der Waals surface area contributed by atoms with Crippen LogP contribution in [-0.4, -0.2) is 28.1 Å². The first-order chi connectivity index (χ1) is 10.0. The molecule has 0 aromatic heterocycles. The second kappa shape index (κ2) is 5.50. The van der Waals surface area contributed by atoms with Crippen molar-refractivity contribution in [3.8, 4) is 0 Å². The molecule has 0 bridgehead atoms. The number of nitrogens with zero attached hydrogens (tertiary/aromatic N) is 1. The summed E-state index contributed by atoms with van der Waals surface area (Å²) in [6.45, 7) is 0.936. The van der Waals surface area contributed by atoms with Crippen LogP contribution in [0.3, 0.4) is 0 Å². The normalized spacial score (nSPS) is 25.9. The third-order valence-corrected chi connectivity index (χ3v) is 6.31. The molecule has 3 N–H and O–H groups in total. The van der Waals surface area contributed by atoms with Gasteiger partial charge in [0.05, 0.1) is 5.69 Å². The van der Waals surface area contributed by atoms with Crippen LogP contribution in [-0.2, 0) is 10.0 Å². The number of hydrogen-bond acceptors (Lipinski definition) is 4. The highest BCUT2D eigenvalue weighted by atomic mass is 32.2. The van der Waals surface area contributed by atoms with Crippen LogP contribution in [0, 0.1) is 5.92 Å². The average Bonchev–Trinajstić information content (AvgIpc) is 2.91. The van der Waals surface area contributed by atoms with Crippen LogP contribution >= 0.6 is 0 Å². The smallest absolute Gasteiger partial charge is 0.242 e. The van der Waals surface area contributed by atoms with Gasteiger partial charge in [-0.25, -0.2) is 13.1 Å². The third kappa shape index (κ3) is 2.62. The van der Waals surface area contributed by atoms with E-state index < -0.39 is 10.0 Å². The number of rotatable bonds is 3. The van der Waals surface area contributed by atoms with Gasteiger partial charge in [0.25, 0.3) is 0 Å². The molecule has 2 fully saturated rings. The summed E-state index contributed by atoms with van der Waals surface area (Å²) in [5.41, 5.74) is 7.08. The Morgan fingerprint density at radius 3 is 2.76 bits per heavy atom. The van der Waals surface area contributed by atoms with E-state index in [-0.39, 0.29) is 0 Å². The maximum absolute atomic E-state index is 12.3. The van der Waals surface area contributed by atoms with E-state index in [1.807, 2.05) is 6.07 Å². The lowest BCUT2D eigenvalue weighted by Crippen LogP contribution is -2.36. The standard InChI is InChI=1S/C15H23N3O2S/c1-17-21(19,20)15-10-12(16)6-7-14(15)18-9-8-11-4-2-3-5-13(11)18/h6-7,10-11,13,17H,2-5,8-9,16H2,1H3. The van der Waals surface area contributed by atoms with Crippen LogP contribution in [0.5, 0.6) is 0 Å². The maximum atomic E-state index is 12.3. The summed E-state index contributed by atoms with van der Waals surface area (Å²) in [5, 5.41) is 0. The van der Waals surface area contributed by atoms with Gasteiger partial charge in [0, 0.05) is 18.3 Å². The van der Waals surface area contributed by atoms with Crippen LogP contribution in [0.2, 0.25) is 0 Å². The number of hydrogen-bond donors (Lipinski definition) is 2. The van der Waals surface area contributed by atoms with E-state index in [9.17, 15) is 8.42 Å². The van der Waals surface area contributed by atoms with E-state index in [0.29, 0.717) is 22.5 Å². The number of fused-ring (bicyclic) bond motifs is 1. The molecule has 1 aliphatic carbocycles. The fourth-order valence-corrected chi connectivity index (χ4v) is 4.77. The summed E-state index contributed by atoms with van der Waals surface area (Å²) >= 11 is 0. The predicted molar refractivity (Wildman–Crippen MR) is 84.8 cm³/mol. The minimum absolute atomic E-state index is 0.302. The summed E-state index contributed by atoms with van der Waals surface area (Å²) in [6, 6.07) is 5.70. The summed E-state index contributed by atoms with van der Waals surface area (Å²) in [7, 11) is -2.06. The summed E-state index contributed by atoms with van der Waals surface area (Å²) in [5.74, 6) is 0.710. The van der Waals surface area contributed by atoms with Gasteiger partial charge in [-0.2, -0.15) is 0 Å². The summed E-state index contributed by atoms with van der Waals surface area (Å²) in [4.78, 5) is 2.59. The number of nitrogens with two attached hydrogens (primary N) is 1. The molecule has 6 heteroatoms. The molecular weight excluding hydrogens is 286 g/mol. The highest BCUT2D eigenvalue weighted by molar-refractivity contribution is 7.89. The monoisotopic (exact) mass is 309 g/mol. The number of benzene rings is 1. The van der Waals surface area contributed by atoms with Crippen LogP contribution in [0.1, 0.15) is 32.1 Å². The largest absolute Gasteiger partial charge is 0.399 e. The number of nitrogen functional groups attached to an aromatic ring is 1. The van der Waals surface area contributed by atoms with Gasteiger partial charge >= 0.3 is 0 Å². The third-order valence-electron chi connectivity index (χ3n) is 4.86. The minimum Gasteiger partial charge on any atom is -0.399 e. The Hall–Kier alpha value is -1.27. The van der Waals surface area contributed by atoms with E-state index in [0.717, 1.165) is 25.1 Å². The van der Waals surface area contributed by atoms with Crippen molar-refractivity contribution in [1.29, 1.82) is 0 Å². The molecule has 5 nitrogen and oxygen atoms in total. The van der Waals surface area contributed by atoms with E-state index in [4.69, 9.17) is 5.73 Å². The zero-order chi connectivity index (χ0) is 15.0. The van der Waals surface area contributed by atoms with Crippen LogP contribution in [0.4, 0.5) is 11.4 Å². The first kappa shape index (κ1) is 14.7. The van der Waals surface area contributed by atoms with Crippen molar-refractivity contribution in [3.05, 3.63) is 18.2 Å². The molecule has 2 unspecified atom stereocenters. The number of sulfonamides is 1. The van der Waals surface area contributed by atoms with Crippen molar-refractivity contribution >= 4 is 21.4 Å². The number of anilines is 2. The van der Waals surface area contributed by atoms with E-state index in [1.165, 1.54) is 26.3 Å². The molecule has 0 amide bonds. The van der Waals surface area contributed by atoms with E-state index in [2.05, 4.69) is 9.62 Å². The maximum Gasteiger partial charge on any atom is 0.242 e. The van der Waals surface area contributed by atoms with E-state index in [1.54, 1.807) is 12.1 Å². The van der Waals surface area contributed by atoms with Crippen molar-refractivity contribution < 1.29 is 8.42 Å². The quantitative estimate of drug-likeness (QED) is 0.837. The molecule has 1 heterocycles. The lowest BCUT2D eigenvalue weighted by molar-refractivity contribution is 0.341. The lowest BCUT2D eigenvalue weighted by Gasteiger charge is -2.34. The molecule has 116 valence electrons. The van der Waals surface area contributed by atoms with Gasteiger partial charge in [0.1, 0.15) is 4.90 Å². The molecule has 2 atom stereocenters. The Bertz CT molecular complexity index is 630. The van der Waals surface area contributed by atoms with Crippen molar-refractivity contribution in [1.82, 2.24) is 4.72 Å². The highest BCUT2D eigenvalue weighted by Gasteiger charge is 2.37. The second-order valence-corrected chi connectivity index (χ2v) is 7.88. The first-order valence-electron chi connectivity index (χ1n) is 7.62. The van der Waals surface area contributed by atoms with Crippen molar-refractivity contribution in [3.63, 3.8) is 0 Å². The Morgan fingerprint density at radius 2 is 2.00 bits per heavy atom. The van der Waals surface area contributed by atoms with Crippen molar-refractivity contribution in [2.75, 3.05) is 24.2 Å². The summed E-state index contributed by atoms with van der Waals surface area (Å²) in [6.07, 6.45) is 6.13. The first-order valence-corrected chi connectivity index (χ1v) is 9.11. The highest BCUT2D eigenvalue weighted by Crippen LogP contribution is 2.41. The lowest BCUT2D eigenvalue weighted by atomic mass is 9.85. The zero-order valence-electron chi connectivity index (χ0n) is 12.4. The molecular formula is C15H23N3O2S. The SMILES string of the molecule is CNS(=O)(=O)c1cc(N)ccc1N1CCC2CCCCC21. The zero-order valence-corrected chi connectivity index (χ0v) is 13.2. The van der Waals surface area contributed by atoms with Crippen molar-refractivity contribution in [2.45, 2.75) is 43.0 Å². The molecule has 1 saturated carbocycles. The molecule has 1 aliphatic heterocycles. The molecule has 0 spiro atoms. The topological polar surface area (TPSA) is 75.4 Å². The molecule has 2 aliphatic rings. The molecule has 1 aromatic rings. The van der Waals surface area contributed by atoms with E-state index >= 15 is 0 Å². The predicted octanol–water partition coefficient (Wildman–Crippen LogP) is 1.95. The number of nitrogens with one attached hydrogen (secondary N) is 1. The molecule has 1 aromatic carbocycles. The Balaban J connectivity index is 2.02. The van der Waals surface area contributed by atoms with Crippen LogP contribution in [0.25, 0.3) is 0 Å². The molecule has 21 heavy (non-hydrogen) atoms. The summed E-state index contributed by atoms with van der Waals surface area (Å²) < 4.78 is 27.0. The van der Waals surface area contributed by atoms with Crippen LogP contribution < -0.4 is 15.4 Å². The Kier molecular flexibility index (Phi) is 3.84. The van der Waals surface area contributed by atoms with Gasteiger partial charge in [-0.05, 0) is 50.4 Å². The van der Waals surface area contributed by atoms with Crippen LogP contribution in [0.15, 0.2) is 23.1 Å². The van der Waals surface area contributed by atoms with Gasteiger partial charge in [-0.3, -0.25) is 0 Å². The van der Waals surface area contributed by atoms with Gasteiger partial charge in [-0.15, -0.1) is 0 Å². The molecule has 0 radical (unpaired) electrons. The Morgan fingerprint density at radius 1 is 1.24 bits per heavy atom. The minimum atomic E-state index is -3.50. The second-order valence-electron chi connectivity index (χ2n) is 6.03. The van der Waals surface area contributed by atoms with Gasteiger partial charge in [-0.1, -0.05) is 12.8 Å². The fourth-order valence-electron chi connectivity index (χ4n) is 3.80. The van der Waals surface area contributed by atoms with Gasteiger partial charge in [0.15, 0.2) is 0 Å². The molecule has 1 saturated heterocycles. The molecule has 3 rings (SSSR count). The van der Waals surface area contributed by atoms with Gasteiger partial charge < -0.3 is 10.6 Å². The fraction of sp³-hybridized carbons (Fsp3) is 0.600. The van der Waals surface area contributed by atoms with Gasteiger partial charge in [0.2, 0.25) is 10.0 Å². The average molecular weight is 309 g/mol. The van der Waals surface area contributed by atoms with Crippen molar-refractivity contribution in [2.24, 2.45) is 5.92 Å².